The molecule has 0 unspecified atom stereocenters. The van der Waals surface area contributed by atoms with E-state index in [-0.39, 0.29) is 5.41 Å². The van der Waals surface area contributed by atoms with Gasteiger partial charge in [0.25, 0.3) is 0 Å². The van der Waals surface area contributed by atoms with Crippen molar-refractivity contribution in [2.24, 2.45) is 11.3 Å². The summed E-state index contributed by atoms with van der Waals surface area (Å²) < 4.78 is 0. The van der Waals surface area contributed by atoms with Gasteiger partial charge in [-0.15, -0.1) is 11.3 Å². The summed E-state index contributed by atoms with van der Waals surface area (Å²) >= 11 is 1.72. The number of hydrogen-bond donors (Lipinski definition) is 1. The lowest BCUT2D eigenvalue weighted by atomic mass is 9.67. The van der Waals surface area contributed by atoms with Crippen LogP contribution in [0, 0.1) is 18.3 Å². The first kappa shape index (κ1) is 16.5. The molecule has 5 nitrogen and oxygen atoms in total. The largest absolute Gasteiger partial charge is 0.340 e. The van der Waals surface area contributed by atoms with E-state index in [1.54, 1.807) is 11.3 Å². The molecular formula is C18H28N4OS. The molecule has 0 aromatic carbocycles. The van der Waals surface area contributed by atoms with Crippen molar-refractivity contribution in [1.29, 1.82) is 0 Å². The molecule has 2 saturated heterocycles. The maximum Gasteiger partial charge on any atom is 0.230 e. The number of nitrogens with zero attached hydrogens (tertiary/aromatic N) is 3. The molecule has 4 rings (SSSR count). The Morgan fingerprint density at radius 3 is 2.96 bits per heavy atom. The lowest BCUT2D eigenvalue weighted by Gasteiger charge is -2.43. The molecule has 0 spiro atoms. The molecule has 3 aliphatic rings. The number of amides is 1. The number of carbonyl (C=O) groups is 1. The standard InChI is InChI=1S/C18H28N4OS/c1-14-20-16(12-24-14)11-21-6-8-22(9-7-21)17(23)18-5-3-2-4-15(18)10-19-13-18/h12,15,19H,2-11,13H2,1H3/t15-,18+/m0/s1. The number of thiazole rings is 1. The van der Waals surface area contributed by atoms with Gasteiger partial charge in [0.2, 0.25) is 5.91 Å². The van der Waals surface area contributed by atoms with Crippen LogP contribution in [0.1, 0.15) is 36.4 Å². The molecule has 1 aliphatic carbocycles. The molecule has 2 aliphatic heterocycles. The molecule has 3 heterocycles. The van der Waals surface area contributed by atoms with Crippen molar-refractivity contribution in [3.63, 3.8) is 0 Å². The molecule has 6 heteroatoms. The van der Waals surface area contributed by atoms with Crippen molar-refractivity contribution < 1.29 is 4.79 Å². The fourth-order valence-electron chi connectivity index (χ4n) is 4.80. The second kappa shape index (κ2) is 6.73. The number of carbonyl (C=O) groups excluding carboxylic acids is 1. The number of hydrogen-bond acceptors (Lipinski definition) is 5. The quantitative estimate of drug-likeness (QED) is 0.906. The third-order valence-corrected chi connectivity index (χ3v) is 7.00. The van der Waals surface area contributed by atoms with E-state index in [1.807, 2.05) is 0 Å². The summed E-state index contributed by atoms with van der Waals surface area (Å²) in [5, 5.41) is 6.79. The molecule has 1 N–H and O–H groups in total. The Bertz CT molecular complexity index is 596. The molecule has 2 atom stereocenters. The van der Waals surface area contributed by atoms with Crippen molar-refractivity contribution in [3.05, 3.63) is 16.1 Å². The zero-order valence-electron chi connectivity index (χ0n) is 14.6. The second-order valence-electron chi connectivity index (χ2n) is 7.66. The van der Waals surface area contributed by atoms with E-state index in [0.717, 1.165) is 57.2 Å². The monoisotopic (exact) mass is 348 g/mol. The first-order valence-electron chi connectivity index (χ1n) is 9.31. The van der Waals surface area contributed by atoms with Gasteiger partial charge in [-0.3, -0.25) is 9.69 Å². The maximum absolute atomic E-state index is 13.3. The van der Waals surface area contributed by atoms with E-state index >= 15 is 0 Å². The van der Waals surface area contributed by atoms with Crippen LogP contribution in [0.2, 0.25) is 0 Å². The second-order valence-corrected chi connectivity index (χ2v) is 8.72. The predicted molar refractivity (Wildman–Crippen MR) is 96.0 cm³/mol. The molecule has 3 fully saturated rings. The minimum atomic E-state index is -0.0908. The summed E-state index contributed by atoms with van der Waals surface area (Å²) in [7, 11) is 0. The minimum Gasteiger partial charge on any atom is -0.340 e. The van der Waals surface area contributed by atoms with Gasteiger partial charge in [-0.1, -0.05) is 12.8 Å². The van der Waals surface area contributed by atoms with Crippen LogP contribution >= 0.6 is 11.3 Å². The fourth-order valence-corrected chi connectivity index (χ4v) is 5.41. The highest BCUT2D eigenvalue weighted by Crippen LogP contribution is 2.45. The van der Waals surface area contributed by atoms with Gasteiger partial charge in [0.15, 0.2) is 0 Å². The Morgan fingerprint density at radius 2 is 2.21 bits per heavy atom. The average Bonchev–Trinajstić information content (AvgIpc) is 3.21. The van der Waals surface area contributed by atoms with Gasteiger partial charge in [0, 0.05) is 44.6 Å². The normalized spacial score (nSPS) is 31.2. The van der Waals surface area contributed by atoms with Crippen LogP contribution in [0.4, 0.5) is 0 Å². The zero-order chi connectivity index (χ0) is 16.6. The van der Waals surface area contributed by atoms with Crippen molar-refractivity contribution in [3.8, 4) is 0 Å². The predicted octanol–water partition coefficient (Wildman–Crippen LogP) is 1.88. The average molecular weight is 349 g/mol. The van der Waals surface area contributed by atoms with Crippen LogP contribution in [0.3, 0.4) is 0 Å². The van der Waals surface area contributed by atoms with E-state index < -0.39 is 0 Å². The van der Waals surface area contributed by atoms with Crippen molar-refractivity contribution in [2.45, 2.75) is 39.2 Å². The smallest absolute Gasteiger partial charge is 0.230 e. The van der Waals surface area contributed by atoms with E-state index in [9.17, 15) is 4.79 Å². The Hall–Kier alpha value is -0.980. The summed E-state index contributed by atoms with van der Waals surface area (Å²) in [5.74, 6) is 0.996. The molecule has 1 aromatic heterocycles. The van der Waals surface area contributed by atoms with Crippen LogP contribution < -0.4 is 5.32 Å². The van der Waals surface area contributed by atoms with E-state index in [1.165, 1.54) is 25.0 Å². The lowest BCUT2D eigenvalue weighted by molar-refractivity contribution is -0.147. The molecule has 132 valence electrons. The van der Waals surface area contributed by atoms with E-state index in [0.29, 0.717) is 11.8 Å². The number of aryl methyl sites for hydroxylation is 1. The SMILES string of the molecule is Cc1nc(CN2CCN(C(=O)[C@@]34CCCC[C@H]3CNC4)CC2)cs1. The number of aromatic nitrogens is 1. The Labute approximate surface area is 148 Å². The topological polar surface area (TPSA) is 48.5 Å². The minimum absolute atomic E-state index is 0.0908. The highest BCUT2D eigenvalue weighted by atomic mass is 32.1. The van der Waals surface area contributed by atoms with Crippen molar-refractivity contribution in [1.82, 2.24) is 20.1 Å². The Kier molecular flexibility index (Phi) is 4.62. The van der Waals surface area contributed by atoms with Crippen LogP contribution in [0.15, 0.2) is 5.38 Å². The van der Waals surface area contributed by atoms with Gasteiger partial charge < -0.3 is 10.2 Å². The van der Waals surface area contributed by atoms with Crippen LogP contribution in [0.5, 0.6) is 0 Å². The number of piperazine rings is 1. The summed E-state index contributed by atoms with van der Waals surface area (Å²) in [6.07, 6.45) is 4.82. The molecule has 1 aromatic rings. The summed E-state index contributed by atoms with van der Waals surface area (Å²) in [6.45, 7) is 8.59. The number of nitrogens with one attached hydrogen (secondary N) is 1. The molecule has 1 amide bonds. The molecular weight excluding hydrogens is 320 g/mol. The highest BCUT2D eigenvalue weighted by Gasteiger charge is 2.51. The zero-order valence-corrected chi connectivity index (χ0v) is 15.4. The first-order valence-corrected chi connectivity index (χ1v) is 10.2. The maximum atomic E-state index is 13.3. The summed E-state index contributed by atoms with van der Waals surface area (Å²) in [5.41, 5.74) is 1.08. The number of fused-ring (bicyclic) bond motifs is 1. The third kappa shape index (κ3) is 3.00. The molecule has 24 heavy (non-hydrogen) atoms. The van der Waals surface area contributed by atoms with Gasteiger partial charge in [-0.2, -0.15) is 0 Å². The van der Waals surface area contributed by atoms with E-state index in [2.05, 4.69) is 32.4 Å². The van der Waals surface area contributed by atoms with Crippen LogP contribution in [-0.2, 0) is 11.3 Å². The van der Waals surface area contributed by atoms with E-state index in [4.69, 9.17) is 0 Å². The van der Waals surface area contributed by atoms with Gasteiger partial charge in [0.1, 0.15) is 0 Å². The summed E-state index contributed by atoms with van der Waals surface area (Å²) in [6, 6.07) is 0. The fraction of sp³-hybridized carbons (Fsp3) is 0.778. The summed E-state index contributed by atoms with van der Waals surface area (Å²) in [4.78, 5) is 22.4. The molecule has 0 radical (unpaired) electrons. The number of rotatable bonds is 3. The highest BCUT2D eigenvalue weighted by molar-refractivity contribution is 7.09. The molecule has 1 saturated carbocycles. The third-order valence-electron chi connectivity index (χ3n) is 6.18. The van der Waals surface area contributed by atoms with Gasteiger partial charge in [-0.25, -0.2) is 4.98 Å². The molecule has 0 bridgehead atoms. The lowest BCUT2D eigenvalue weighted by Crippen LogP contribution is -2.55. The van der Waals surface area contributed by atoms with Gasteiger partial charge in [-0.05, 0) is 32.2 Å². The Morgan fingerprint density at radius 1 is 1.38 bits per heavy atom. The van der Waals surface area contributed by atoms with Crippen LogP contribution in [0.25, 0.3) is 0 Å². The van der Waals surface area contributed by atoms with Crippen molar-refractivity contribution in [2.75, 3.05) is 39.3 Å². The van der Waals surface area contributed by atoms with Gasteiger partial charge >= 0.3 is 0 Å². The Balaban J connectivity index is 1.36. The van der Waals surface area contributed by atoms with Gasteiger partial charge in [0.05, 0.1) is 16.1 Å². The van der Waals surface area contributed by atoms with Crippen molar-refractivity contribution >= 4 is 17.2 Å². The van der Waals surface area contributed by atoms with Crippen LogP contribution in [-0.4, -0.2) is 60.0 Å². The first-order chi connectivity index (χ1) is 11.7.